The molecule has 0 saturated carbocycles. The van der Waals surface area contributed by atoms with Gasteiger partial charge in [0.2, 0.25) is 0 Å². The summed E-state index contributed by atoms with van der Waals surface area (Å²) in [5.41, 5.74) is 1.25. The summed E-state index contributed by atoms with van der Waals surface area (Å²) in [5.74, 6) is 0.379. The number of carbonyl (C=O) groups excluding carboxylic acids is 1. The minimum atomic E-state index is 0.379. The summed E-state index contributed by atoms with van der Waals surface area (Å²) in [5, 5.41) is 0.785. The van der Waals surface area contributed by atoms with Crippen LogP contribution in [0.2, 0.25) is 5.02 Å². The quantitative estimate of drug-likeness (QED) is 0.805. The lowest BCUT2D eigenvalue weighted by atomic mass is 10.1. The second kappa shape index (κ2) is 7.65. The third-order valence-corrected chi connectivity index (χ3v) is 4.14. The second-order valence-corrected chi connectivity index (χ2v) is 5.74. The molecule has 0 bridgehead atoms. The lowest BCUT2D eigenvalue weighted by Gasteiger charge is -2.36. The number of benzene rings is 1. The Balaban J connectivity index is 1.72. The smallest absolute Gasteiger partial charge is 0.132 e. The zero-order valence-electron chi connectivity index (χ0n) is 12.1. The van der Waals surface area contributed by atoms with Crippen molar-refractivity contribution in [3.8, 4) is 0 Å². The predicted octanol–water partition coefficient (Wildman–Crippen LogP) is 3.22. The minimum absolute atomic E-state index is 0.379. The first-order chi connectivity index (χ1) is 9.69. The number of nitrogens with zero attached hydrogens (tertiary/aromatic N) is 2. The zero-order valence-corrected chi connectivity index (χ0v) is 12.9. The van der Waals surface area contributed by atoms with E-state index in [1.54, 1.807) is 0 Å². The van der Waals surface area contributed by atoms with Crippen molar-refractivity contribution < 1.29 is 4.79 Å². The number of piperazine rings is 1. The molecule has 1 aromatic carbocycles. The third kappa shape index (κ3) is 4.50. The highest BCUT2D eigenvalue weighted by Crippen LogP contribution is 2.19. The number of halogens is 1. The molecule has 0 spiro atoms. The van der Waals surface area contributed by atoms with E-state index < -0.39 is 0 Å². The number of carbonyl (C=O) groups is 1. The van der Waals surface area contributed by atoms with Gasteiger partial charge in [0.05, 0.1) is 0 Å². The Kier molecular flexibility index (Phi) is 5.86. The summed E-state index contributed by atoms with van der Waals surface area (Å²) in [6.07, 6.45) is 2.39. The van der Waals surface area contributed by atoms with Gasteiger partial charge in [-0.2, -0.15) is 0 Å². The summed E-state index contributed by atoms with van der Waals surface area (Å²) in [6, 6.07) is 8.05. The summed E-state index contributed by atoms with van der Waals surface area (Å²) in [6.45, 7) is 7.21. The third-order valence-electron chi connectivity index (χ3n) is 3.89. The maximum absolute atomic E-state index is 11.3. The first-order valence-corrected chi connectivity index (χ1v) is 7.81. The van der Waals surface area contributed by atoms with Gasteiger partial charge in [-0.05, 0) is 37.2 Å². The molecule has 1 saturated heterocycles. The number of Topliss-reactive ketones (excluding diaryl/α,β-unsaturated/α-hetero) is 1. The summed E-state index contributed by atoms with van der Waals surface area (Å²) < 4.78 is 0. The van der Waals surface area contributed by atoms with Gasteiger partial charge >= 0.3 is 0 Å². The molecule has 0 amide bonds. The fourth-order valence-corrected chi connectivity index (χ4v) is 2.68. The van der Waals surface area contributed by atoms with E-state index in [2.05, 4.69) is 21.9 Å². The molecule has 0 unspecified atom stereocenters. The predicted molar refractivity (Wildman–Crippen MR) is 84.6 cm³/mol. The van der Waals surface area contributed by atoms with Crippen LogP contribution in [0.25, 0.3) is 0 Å². The molecule has 1 aliphatic rings. The molecule has 3 nitrogen and oxygen atoms in total. The topological polar surface area (TPSA) is 23.6 Å². The molecule has 4 heteroatoms. The number of ketones is 1. The second-order valence-electron chi connectivity index (χ2n) is 5.30. The van der Waals surface area contributed by atoms with Crippen LogP contribution in [0.5, 0.6) is 0 Å². The van der Waals surface area contributed by atoms with Crippen LogP contribution < -0.4 is 4.90 Å². The van der Waals surface area contributed by atoms with Gasteiger partial charge in [-0.25, -0.2) is 0 Å². The van der Waals surface area contributed by atoms with Crippen molar-refractivity contribution in [1.82, 2.24) is 4.90 Å². The molecular weight excluding hydrogens is 272 g/mol. The SMILES string of the molecule is CCC(=O)CCCN1CCN(c2ccc(Cl)cc2)CC1. The fourth-order valence-electron chi connectivity index (χ4n) is 2.56. The molecule has 0 aromatic heterocycles. The molecule has 0 atom stereocenters. The summed E-state index contributed by atoms with van der Waals surface area (Å²) in [7, 11) is 0. The van der Waals surface area contributed by atoms with E-state index in [0.29, 0.717) is 12.2 Å². The van der Waals surface area contributed by atoms with Crippen molar-refractivity contribution in [3.05, 3.63) is 29.3 Å². The number of rotatable bonds is 6. The van der Waals surface area contributed by atoms with Crippen LogP contribution in [0.3, 0.4) is 0 Å². The van der Waals surface area contributed by atoms with Gasteiger partial charge in [0, 0.05) is 49.7 Å². The Hall–Kier alpha value is -1.06. The largest absolute Gasteiger partial charge is 0.369 e. The number of anilines is 1. The molecule has 20 heavy (non-hydrogen) atoms. The van der Waals surface area contributed by atoms with Gasteiger partial charge in [0.1, 0.15) is 5.78 Å². The normalized spacial score (nSPS) is 16.4. The lowest BCUT2D eigenvalue weighted by molar-refractivity contribution is -0.118. The van der Waals surface area contributed by atoms with Crippen molar-refractivity contribution in [2.24, 2.45) is 0 Å². The zero-order chi connectivity index (χ0) is 14.4. The van der Waals surface area contributed by atoms with E-state index in [1.165, 1.54) is 5.69 Å². The van der Waals surface area contributed by atoms with Crippen molar-refractivity contribution in [2.45, 2.75) is 26.2 Å². The van der Waals surface area contributed by atoms with Gasteiger partial charge in [0.25, 0.3) is 0 Å². The minimum Gasteiger partial charge on any atom is -0.369 e. The van der Waals surface area contributed by atoms with Gasteiger partial charge in [0.15, 0.2) is 0 Å². The van der Waals surface area contributed by atoms with E-state index in [9.17, 15) is 4.79 Å². The molecular formula is C16H23ClN2O. The Bertz CT molecular complexity index is 425. The highest BCUT2D eigenvalue weighted by molar-refractivity contribution is 6.30. The molecule has 1 heterocycles. The van der Waals surface area contributed by atoms with Crippen LogP contribution in [0, 0.1) is 0 Å². The van der Waals surface area contributed by atoms with Gasteiger partial charge in [-0.1, -0.05) is 18.5 Å². The molecule has 110 valence electrons. The van der Waals surface area contributed by atoms with E-state index in [-0.39, 0.29) is 0 Å². The average Bonchev–Trinajstić information content (AvgIpc) is 2.48. The highest BCUT2D eigenvalue weighted by atomic mass is 35.5. The first kappa shape index (κ1) is 15.3. The number of hydrogen-bond donors (Lipinski definition) is 0. The molecule has 0 N–H and O–H groups in total. The van der Waals surface area contributed by atoms with E-state index in [1.807, 2.05) is 19.1 Å². The van der Waals surface area contributed by atoms with E-state index in [0.717, 1.165) is 50.6 Å². The van der Waals surface area contributed by atoms with Crippen LogP contribution in [0.1, 0.15) is 26.2 Å². The van der Waals surface area contributed by atoms with Crippen molar-refractivity contribution in [3.63, 3.8) is 0 Å². The van der Waals surface area contributed by atoms with Gasteiger partial charge < -0.3 is 4.90 Å². The molecule has 1 aromatic rings. The molecule has 1 fully saturated rings. The molecule has 2 rings (SSSR count). The maximum Gasteiger partial charge on any atom is 0.132 e. The average molecular weight is 295 g/mol. The molecule has 1 aliphatic heterocycles. The van der Waals surface area contributed by atoms with Crippen LogP contribution in [0.4, 0.5) is 5.69 Å². The monoisotopic (exact) mass is 294 g/mol. The van der Waals surface area contributed by atoms with Crippen LogP contribution in [-0.2, 0) is 4.79 Å². The fraction of sp³-hybridized carbons (Fsp3) is 0.562. The molecule has 0 radical (unpaired) electrons. The Morgan fingerprint density at radius 1 is 1.15 bits per heavy atom. The van der Waals surface area contributed by atoms with Crippen LogP contribution in [-0.4, -0.2) is 43.4 Å². The van der Waals surface area contributed by atoms with Crippen molar-refractivity contribution in [1.29, 1.82) is 0 Å². The summed E-state index contributed by atoms with van der Waals surface area (Å²) in [4.78, 5) is 16.1. The van der Waals surface area contributed by atoms with Gasteiger partial charge in [-0.3, -0.25) is 9.69 Å². The standard InChI is InChI=1S/C16H23ClN2O/c1-2-16(20)4-3-9-18-10-12-19(13-11-18)15-7-5-14(17)6-8-15/h5-8H,2-4,9-13H2,1H3. The first-order valence-electron chi connectivity index (χ1n) is 7.43. The Morgan fingerprint density at radius 3 is 2.40 bits per heavy atom. The highest BCUT2D eigenvalue weighted by Gasteiger charge is 2.16. The number of hydrogen-bond acceptors (Lipinski definition) is 3. The van der Waals surface area contributed by atoms with Crippen LogP contribution >= 0.6 is 11.6 Å². The van der Waals surface area contributed by atoms with E-state index in [4.69, 9.17) is 11.6 Å². The van der Waals surface area contributed by atoms with Crippen molar-refractivity contribution in [2.75, 3.05) is 37.6 Å². The maximum atomic E-state index is 11.3. The summed E-state index contributed by atoms with van der Waals surface area (Å²) >= 11 is 5.91. The van der Waals surface area contributed by atoms with Crippen molar-refractivity contribution >= 4 is 23.1 Å². The Morgan fingerprint density at radius 2 is 1.80 bits per heavy atom. The van der Waals surface area contributed by atoms with E-state index >= 15 is 0 Å². The van der Waals surface area contributed by atoms with Crippen LogP contribution in [0.15, 0.2) is 24.3 Å². The Labute approximate surface area is 126 Å². The molecule has 0 aliphatic carbocycles. The van der Waals surface area contributed by atoms with Gasteiger partial charge in [-0.15, -0.1) is 0 Å². The lowest BCUT2D eigenvalue weighted by Crippen LogP contribution is -2.46.